The lowest BCUT2D eigenvalue weighted by Gasteiger charge is -2.47. The zero-order valence-electron chi connectivity index (χ0n) is 15.7. The fourth-order valence-electron chi connectivity index (χ4n) is 3.03. The summed E-state index contributed by atoms with van der Waals surface area (Å²) in [6.45, 7) is 20.8. The van der Waals surface area contributed by atoms with Gasteiger partial charge in [-0.05, 0) is 59.3 Å². The van der Waals surface area contributed by atoms with E-state index in [0.717, 1.165) is 0 Å². The van der Waals surface area contributed by atoms with Crippen LogP contribution in [-0.2, 0) is 25.0 Å². The van der Waals surface area contributed by atoms with Gasteiger partial charge in [-0.2, -0.15) is 0 Å². The Labute approximate surface area is 140 Å². The van der Waals surface area contributed by atoms with Crippen LogP contribution in [-0.4, -0.2) is 49.7 Å². The molecule has 0 atom stereocenters. The summed E-state index contributed by atoms with van der Waals surface area (Å²) in [6.07, 6.45) is 0. The van der Waals surface area contributed by atoms with Crippen LogP contribution in [0.1, 0.15) is 6.92 Å². The average molecular weight is 401 g/mol. The molecule has 0 radical (unpaired) electrons. The van der Waals surface area contributed by atoms with Crippen molar-refractivity contribution < 1.29 is 25.0 Å². The molecular weight excluding hydrogens is 369 g/mol. The summed E-state index contributed by atoms with van der Waals surface area (Å²) in [5.74, 6) is 0. The van der Waals surface area contributed by atoms with Gasteiger partial charge in [-0.25, -0.2) is 0 Å². The fourth-order valence-corrected chi connectivity index (χ4v) is 27.4. The summed E-state index contributed by atoms with van der Waals surface area (Å²) in [5, 5.41) is 0. The van der Waals surface area contributed by atoms with Gasteiger partial charge >= 0.3 is 43.0 Å². The van der Waals surface area contributed by atoms with Gasteiger partial charge in [0.05, 0.1) is 0 Å². The van der Waals surface area contributed by atoms with Gasteiger partial charge in [0.15, 0.2) is 0 Å². The maximum absolute atomic E-state index is 6.37. The Morgan fingerprint density at radius 1 is 0.727 bits per heavy atom. The van der Waals surface area contributed by atoms with Crippen molar-refractivity contribution in [3.63, 3.8) is 0 Å². The number of hydrogen-bond donors (Lipinski definition) is 0. The maximum atomic E-state index is 6.37. The largest absolute Gasteiger partial charge is 0.470 e. The van der Waals surface area contributed by atoms with E-state index in [4.69, 9.17) is 25.0 Å². The third-order valence-corrected chi connectivity index (χ3v) is 22.0. The Hall–Kier alpha value is 0.844. The lowest BCUT2D eigenvalue weighted by atomic mass is 10.9. The quantitative estimate of drug-likeness (QED) is 0.673. The van der Waals surface area contributed by atoms with Crippen LogP contribution in [0, 0.1) is 0 Å². The summed E-state index contributed by atoms with van der Waals surface area (Å²) in [4.78, 5) is 0. The molecule has 0 amide bonds. The van der Waals surface area contributed by atoms with E-state index in [1.165, 1.54) is 0 Å². The third kappa shape index (κ3) is 6.76. The summed E-state index contributed by atoms with van der Waals surface area (Å²) in [5.41, 5.74) is 0. The van der Waals surface area contributed by atoms with E-state index in [-0.39, 0.29) is 0 Å². The molecule has 0 aromatic heterocycles. The van der Waals surface area contributed by atoms with E-state index in [1.807, 2.05) is 65.8 Å². The van der Waals surface area contributed by atoms with E-state index < -0.39 is 43.0 Å². The van der Waals surface area contributed by atoms with Crippen LogP contribution < -0.4 is 0 Å². The highest BCUT2D eigenvalue weighted by molar-refractivity contribution is 6.93. The van der Waals surface area contributed by atoms with Crippen molar-refractivity contribution >= 4 is 43.0 Å². The molecule has 0 aromatic carbocycles. The SMILES string of the molecule is CCO[Si](C)(C)O[Si]1(C)O[Si](C)(C)O[Si](C)(C)O[Si](C)(C)O1. The number of rotatable bonds is 4. The molecule has 0 aliphatic carbocycles. The Morgan fingerprint density at radius 3 is 1.45 bits per heavy atom. The minimum atomic E-state index is -2.89. The van der Waals surface area contributed by atoms with Crippen LogP contribution in [0.3, 0.4) is 0 Å². The smallest absolute Gasteiger partial charge is 0.416 e. The molecule has 0 unspecified atom stereocenters. The molecule has 1 aliphatic rings. The van der Waals surface area contributed by atoms with Crippen molar-refractivity contribution in [3.05, 3.63) is 0 Å². The second-order valence-electron chi connectivity index (χ2n) is 7.41. The van der Waals surface area contributed by atoms with E-state index in [9.17, 15) is 0 Å². The molecule has 0 saturated carbocycles. The zero-order valence-corrected chi connectivity index (χ0v) is 20.7. The van der Waals surface area contributed by atoms with Gasteiger partial charge in [-0.3, -0.25) is 0 Å². The normalized spacial score (nSPS) is 27.0. The first kappa shape index (κ1) is 20.9. The molecule has 1 heterocycles. The predicted octanol–water partition coefficient (Wildman–Crippen LogP) is 3.50. The van der Waals surface area contributed by atoms with Gasteiger partial charge in [0.1, 0.15) is 0 Å². The molecule has 11 heteroatoms. The minimum absolute atomic E-state index is 0.623. The molecule has 0 N–H and O–H groups in total. The Balaban J connectivity index is 3.07. The zero-order chi connectivity index (χ0) is 17.4. The van der Waals surface area contributed by atoms with Gasteiger partial charge in [0, 0.05) is 13.2 Å². The molecule has 1 fully saturated rings. The summed E-state index contributed by atoms with van der Waals surface area (Å²) >= 11 is 0. The topological polar surface area (TPSA) is 55.4 Å². The van der Waals surface area contributed by atoms with Crippen molar-refractivity contribution in [2.24, 2.45) is 0 Å². The van der Waals surface area contributed by atoms with E-state index >= 15 is 0 Å². The van der Waals surface area contributed by atoms with E-state index in [2.05, 4.69) is 0 Å². The second kappa shape index (κ2) is 6.63. The molecule has 1 saturated heterocycles. The van der Waals surface area contributed by atoms with Crippen LogP contribution in [0.4, 0.5) is 0 Å². The first-order chi connectivity index (χ1) is 9.60. The average Bonchev–Trinajstić information content (AvgIpc) is 2.04. The maximum Gasteiger partial charge on any atom is 0.470 e. The molecule has 6 nitrogen and oxygen atoms in total. The van der Waals surface area contributed by atoms with Crippen molar-refractivity contribution in [1.82, 2.24) is 0 Å². The first-order valence-corrected chi connectivity index (χ1v) is 21.2. The van der Waals surface area contributed by atoms with Crippen LogP contribution in [0.15, 0.2) is 0 Å². The molecule has 0 aromatic rings. The Kier molecular flexibility index (Phi) is 6.29. The molecule has 1 aliphatic heterocycles. The van der Waals surface area contributed by atoms with Gasteiger partial charge in [-0.15, -0.1) is 0 Å². The monoisotopic (exact) mass is 400 g/mol. The fraction of sp³-hybridized carbons (Fsp3) is 1.00. The molecule has 132 valence electrons. The highest BCUT2D eigenvalue weighted by atomic mass is 28.5. The summed E-state index contributed by atoms with van der Waals surface area (Å²) < 4.78 is 37.4. The summed E-state index contributed by atoms with van der Waals surface area (Å²) in [6, 6.07) is 0. The highest BCUT2D eigenvalue weighted by Crippen LogP contribution is 2.32. The van der Waals surface area contributed by atoms with Crippen molar-refractivity contribution in [2.75, 3.05) is 6.61 Å². The first-order valence-electron chi connectivity index (χ1n) is 7.74. The lowest BCUT2D eigenvalue weighted by molar-refractivity contribution is 0.157. The van der Waals surface area contributed by atoms with E-state index in [0.29, 0.717) is 6.61 Å². The molecule has 0 bridgehead atoms. The van der Waals surface area contributed by atoms with E-state index in [1.54, 1.807) is 0 Å². The molecule has 0 spiro atoms. The van der Waals surface area contributed by atoms with Crippen LogP contribution >= 0.6 is 0 Å². The van der Waals surface area contributed by atoms with Gasteiger partial charge in [0.25, 0.3) is 0 Å². The van der Waals surface area contributed by atoms with Crippen molar-refractivity contribution in [1.29, 1.82) is 0 Å². The number of hydrogen-bond acceptors (Lipinski definition) is 6. The van der Waals surface area contributed by atoms with Gasteiger partial charge < -0.3 is 25.0 Å². The molecular formula is C11H32O6Si5. The van der Waals surface area contributed by atoms with Gasteiger partial charge in [0.2, 0.25) is 0 Å². The van der Waals surface area contributed by atoms with Crippen molar-refractivity contribution in [2.45, 2.75) is 65.8 Å². The lowest BCUT2D eigenvalue weighted by Crippen LogP contribution is -2.67. The minimum Gasteiger partial charge on any atom is -0.416 e. The third-order valence-electron chi connectivity index (χ3n) is 2.77. The summed E-state index contributed by atoms with van der Waals surface area (Å²) in [7, 11) is -12.2. The molecule has 1 rings (SSSR count). The Bertz CT molecular complexity index is 378. The second-order valence-corrected chi connectivity index (χ2v) is 24.7. The van der Waals surface area contributed by atoms with Crippen molar-refractivity contribution in [3.8, 4) is 0 Å². The van der Waals surface area contributed by atoms with Gasteiger partial charge in [-0.1, -0.05) is 0 Å². The molecule has 22 heavy (non-hydrogen) atoms. The van der Waals surface area contributed by atoms with Crippen LogP contribution in [0.2, 0.25) is 58.9 Å². The van der Waals surface area contributed by atoms with Crippen LogP contribution in [0.25, 0.3) is 0 Å². The Morgan fingerprint density at radius 2 is 1.09 bits per heavy atom. The predicted molar refractivity (Wildman–Crippen MR) is 98.6 cm³/mol. The highest BCUT2D eigenvalue weighted by Gasteiger charge is 2.56. The standard InChI is InChI=1S/C11H32O6Si5/c1-11-12-18(2,3)15-22(10)16-20(6,7)13-19(4,5)14-21(8,9)17-22/h11H2,1-10H3. The van der Waals surface area contributed by atoms with Crippen LogP contribution in [0.5, 0.6) is 0 Å².